The minimum atomic E-state index is 0.0787. The van der Waals surface area contributed by atoms with Crippen LogP contribution in [0.15, 0.2) is 12.3 Å². The van der Waals surface area contributed by atoms with Crippen molar-refractivity contribution in [3.63, 3.8) is 0 Å². The minimum Gasteiger partial charge on any atom is -0.364 e. The van der Waals surface area contributed by atoms with Crippen molar-refractivity contribution in [3.05, 3.63) is 23.5 Å². The van der Waals surface area contributed by atoms with Crippen LogP contribution >= 0.6 is 0 Å². The zero-order valence-electron chi connectivity index (χ0n) is 13.9. The van der Waals surface area contributed by atoms with Gasteiger partial charge in [-0.25, -0.2) is 4.98 Å². The first-order chi connectivity index (χ1) is 11.0. The van der Waals surface area contributed by atoms with Crippen LogP contribution in [-0.2, 0) is 11.8 Å². The van der Waals surface area contributed by atoms with Crippen LogP contribution in [0.1, 0.15) is 37.1 Å². The van der Waals surface area contributed by atoms with E-state index in [-0.39, 0.29) is 17.9 Å². The molecule has 120 valence electrons. The molecule has 6 heteroatoms. The van der Waals surface area contributed by atoms with Gasteiger partial charge in [0.25, 0.3) is 0 Å². The van der Waals surface area contributed by atoms with Crippen molar-refractivity contribution in [2.45, 2.75) is 32.7 Å². The molecular formula is C17H21N5O. The van der Waals surface area contributed by atoms with Gasteiger partial charge in [-0.1, -0.05) is 0 Å². The molecule has 23 heavy (non-hydrogen) atoms. The van der Waals surface area contributed by atoms with Crippen molar-refractivity contribution in [2.75, 3.05) is 17.3 Å². The second-order valence-electron chi connectivity index (χ2n) is 6.58. The van der Waals surface area contributed by atoms with E-state index in [1.54, 1.807) is 6.20 Å². The number of nitrogens with zero attached hydrogens (tertiary/aromatic N) is 4. The van der Waals surface area contributed by atoms with E-state index in [0.717, 1.165) is 29.8 Å². The summed E-state index contributed by atoms with van der Waals surface area (Å²) in [6, 6.07) is 2.17. The lowest BCUT2D eigenvalue weighted by Crippen LogP contribution is -2.28. The van der Waals surface area contributed by atoms with Crippen molar-refractivity contribution in [1.82, 2.24) is 14.8 Å². The van der Waals surface area contributed by atoms with Crippen molar-refractivity contribution < 1.29 is 4.79 Å². The third-order valence-electron chi connectivity index (χ3n) is 5.10. The monoisotopic (exact) mass is 311 g/mol. The largest absolute Gasteiger partial charge is 0.364 e. The number of carbonyl (C=O) groups is 1. The average Bonchev–Trinajstić information content (AvgIpc) is 3.32. The molecule has 1 saturated carbocycles. The van der Waals surface area contributed by atoms with Gasteiger partial charge >= 0.3 is 0 Å². The molecular weight excluding hydrogens is 290 g/mol. The van der Waals surface area contributed by atoms with Crippen molar-refractivity contribution in [1.29, 1.82) is 0 Å². The molecule has 0 saturated heterocycles. The molecule has 1 atom stereocenters. The first-order valence-electron chi connectivity index (χ1n) is 8.05. The normalized spacial score (nSPS) is 19.3. The first kappa shape index (κ1) is 14.2. The highest BCUT2D eigenvalue weighted by atomic mass is 16.2. The Bertz CT molecular complexity index is 806. The number of carbonyl (C=O) groups excluding carboxylic acids is 1. The van der Waals surface area contributed by atoms with Crippen LogP contribution in [0.25, 0.3) is 11.3 Å². The number of pyridine rings is 1. The van der Waals surface area contributed by atoms with Crippen LogP contribution in [0.2, 0.25) is 0 Å². The Kier molecular flexibility index (Phi) is 2.98. The summed E-state index contributed by atoms with van der Waals surface area (Å²) in [7, 11) is 4.02. The number of amides is 1. The second kappa shape index (κ2) is 4.81. The molecule has 1 fully saturated rings. The molecule has 0 aromatic carbocycles. The van der Waals surface area contributed by atoms with Gasteiger partial charge in [0.1, 0.15) is 5.69 Å². The lowest BCUT2D eigenvalue weighted by atomic mass is 9.94. The van der Waals surface area contributed by atoms with E-state index < -0.39 is 0 Å². The Balaban J connectivity index is 1.86. The number of anilines is 2. The minimum absolute atomic E-state index is 0.0787. The Morgan fingerprint density at radius 2 is 2.09 bits per heavy atom. The van der Waals surface area contributed by atoms with Gasteiger partial charge in [-0.15, -0.1) is 0 Å². The molecule has 2 aliphatic rings. The molecule has 2 aromatic heterocycles. The van der Waals surface area contributed by atoms with Crippen LogP contribution in [0.4, 0.5) is 11.5 Å². The maximum absolute atomic E-state index is 12.2. The first-order valence-corrected chi connectivity index (χ1v) is 8.05. The topological polar surface area (TPSA) is 63.1 Å². The molecule has 1 aliphatic carbocycles. The van der Waals surface area contributed by atoms with Gasteiger partial charge in [0.05, 0.1) is 11.7 Å². The molecule has 6 nitrogen and oxygen atoms in total. The zero-order chi connectivity index (χ0) is 16.3. The quantitative estimate of drug-likeness (QED) is 0.926. The van der Waals surface area contributed by atoms with E-state index in [4.69, 9.17) is 5.10 Å². The number of nitrogens with one attached hydrogen (secondary N) is 1. The van der Waals surface area contributed by atoms with Crippen LogP contribution in [0.3, 0.4) is 0 Å². The maximum Gasteiger partial charge on any atom is 0.228 e. The van der Waals surface area contributed by atoms with Gasteiger partial charge in [0.15, 0.2) is 5.82 Å². The maximum atomic E-state index is 12.2. The zero-order valence-corrected chi connectivity index (χ0v) is 13.9. The fourth-order valence-electron chi connectivity index (χ4n) is 3.37. The van der Waals surface area contributed by atoms with Gasteiger partial charge in [-0.05, 0) is 32.8 Å². The third-order valence-corrected chi connectivity index (χ3v) is 5.10. The SMILES string of the molecule is Cc1c2c(nn1C)-c1ccnc(NC(=O)C3CC3)c1N(C)C2C. The van der Waals surface area contributed by atoms with Crippen molar-refractivity contribution >= 4 is 17.4 Å². The smallest absolute Gasteiger partial charge is 0.228 e. The molecule has 1 amide bonds. The Morgan fingerprint density at radius 1 is 1.35 bits per heavy atom. The summed E-state index contributed by atoms with van der Waals surface area (Å²) in [5.74, 6) is 0.879. The molecule has 2 aromatic rings. The molecule has 1 N–H and O–H groups in total. The summed E-state index contributed by atoms with van der Waals surface area (Å²) in [6.45, 7) is 4.26. The molecule has 1 unspecified atom stereocenters. The van der Waals surface area contributed by atoms with Crippen LogP contribution in [-0.4, -0.2) is 27.7 Å². The van der Waals surface area contributed by atoms with Gasteiger partial charge < -0.3 is 10.2 Å². The van der Waals surface area contributed by atoms with Gasteiger partial charge in [0, 0.05) is 43.0 Å². The van der Waals surface area contributed by atoms with E-state index >= 15 is 0 Å². The fraction of sp³-hybridized carbons (Fsp3) is 0.471. The van der Waals surface area contributed by atoms with E-state index in [2.05, 4.69) is 29.0 Å². The number of rotatable bonds is 2. The fourth-order valence-corrected chi connectivity index (χ4v) is 3.37. The summed E-state index contributed by atoms with van der Waals surface area (Å²) in [4.78, 5) is 18.8. The Labute approximate surface area is 135 Å². The highest BCUT2D eigenvalue weighted by Crippen LogP contribution is 2.47. The summed E-state index contributed by atoms with van der Waals surface area (Å²) < 4.78 is 1.92. The number of fused-ring (bicyclic) bond motifs is 3. The van der Waals surface area contributed by atoms with Crippen LogP contribution in [0.5, 0.6) is 0 Å². The number of aryl methyl sites for hydroxylation is 1. The summed E-state index contributed by atoms with van der Waals surface area (Å²) >= 11 is 0. The van der Waals surface area contributed by atoms with Crippen molar-refractivity contribution in [3.8, 4) is 11.3 Å². The Hall–Kier alpha value is -2.37. The standard InChI is InChI=1S/C17H21N5O/c1-9-13-10(2)22(4)20-14(13)12-7-8-18-16(15(12)21(9)3)19-17(23)11-5-6-11/h7-9,11H,5-6H2,1-4H3,(H,18,19,23). The Morgan fingerprint density at radius 3 is 2.78 bits per heavy atom. The lowest BCUT2D eigenvalue weighted by Gasteiger charge is -2.34. The van der Waals surface area contributed by atoms with Gasteiger partial charge in [-0.2, -0.15) is 5.10 Å². The van der Waals surface area contributed by atoms with E-state index in [1.807, 2.05) is 24.8 Å². The van der Waals surface area contributed by atoms with Crippen molar-refractivity contribution in [2.24, 2.45) is 13.0 Å². The average molecular weight is 311 g/mol. The molecule has 4 rings (SSSR count). The molecule has 0 radical (unpaired) electrons. The number of hydrogen-bond donors (Lipinski definition) is 1. The summed E-state index contributed by atoms with van der Waals surface area (Å²) in [5, 5.41) is 7.70. The van der Waals surface area contributed by atoms with E-state index in [1.165, 1.54) is 11.3 Å². The second-order valence-corrected chi connectivity index (χ2v) is 6.58. The van der Waals surface area contributed by atoms with Gasteiger partial charge in [-0.3, -0.25) is 9.48 Å². The van der Waals surface area contributed by atoms with Gasteiger partial charge in [0.2, 0.25) is 5.91 Å². The summed E-state index contributed by atoms with van der Waals surface area (Å²) in [5.41, 5.74) is 5.40. The molecule has 1 aliphatic heterocycles. The highest BCUT2D eigenvalue weighted by Gasteiger charge is 2.35. The molecule has 0 bridgehead atoms. The third kappa shape index (κ3) is 2.04. The number of aromatic nitrogens is 3. The predicted molar refractivity (Wildman–Crippen MR) is 89.3 cm³/mol. The number of hydrogen-bond acceptors (Lipinski definition) is 4. The van der Waals surface area contributed by atoms with E-state index in [9.17, 15) is 4.79 Å². The summed E-state index contributed by atoms with van der Waals surface area (Å²) in [6.07, 6.45) is 3.71. The molecule has 3 heterocycles. The van der Waals surface area contributed by atoms with E-state index in [0.29, 0.717) is 5.82 Å². The lowest BCUT2D eigenvalue weighted by molar-refractivity contribution is -0.117. The van der Waals surface area contributed by atoms with Crippen LogP contribution in [0, 0.1) is 12.8 Å². The van der Waals surface area contributed by atoms with Crippen LogP contribution < -0.4 is 10.2 Å². The predicted octanol–water partition coefficient (Wildman–Crippen LogP) is 2.65. The molecule has 0 spiro atoms. The highest BCUT2D eigenvalue weighted by molar-refractivity contribution is 5.99.